The van der Waals surface area contributed by atoms with Crippen molar-refractivity contribution in [2.75, 3.05) is 13.1 Å². The van der Waals surface area contributed by atoms with Crippen LogP contribution in [-0.4, -0.2) is 25.7 Å². The third-order valence-electron chi connectivity index (χ3n) is 0.425. The van der Waals surface area contributed by atoms with Crippen molar-refractivity contribution in [3.05, 3.63) is 0 Å². The molecule has 0 saturated heterocycles. The van der Waals surface area contributed by atoms with Crippen LogP contribution in [0.1, 0.15) is 0 Å². The van der Waals surface area contributed by atoms with Crippen LogP contribution in [0.5, 0.6) is 0 Å². The second-order valence-electron chi connectivity index (χ2n) is 0.942. The summed E-state index contributed by atoms with van der Waals surface area (Å²) in [5.41, 5.74) is 0. The molecular weight excluding hydrogens is 94.0 g/mol. The van der Waals surface area contributed by atoms with Crippen LogP contribution < -0.4 is 5.32 Å². The van der Waals surface area contributed by atoms with E-state index in [9.17, 15) is 9.59 Å². The lowest BCUT2D eigenvalue weighted by Gasteiger charge is -1.84. The fraction of sp³-hybridized carbons (Fsp3) is 0.500. The van der Waals surface area contributed by atoms with Crippen LogP contribution in [0.25, 0.3) is 0 Å². The Morgan fingerprint density at radius 2 is 2.43 bits per heavy atom. The second kappa shape index (κ2) is 5.30. The highest BCUT2D eigenvalue weighted by Gasteiger charge is 1.77. The van der Waals surface area contributed by atoms with E-state index in [-0.39, 0.29) is 13.1 Å². The number of rotatable bonds is 4. The second-order valence-corrected chi connectivity index (χ2v) is 0.942. The Hall–Kier alpha value is -0.700. The molecule has 3 nitrogen and oxygen atoms in total. The monoisotopic (exact) mass is 100 g/mol. The zero-order valence-corrected chi connectivity index (χ0v) is 3.81. The molecule has 1 radical (unpaired) electrons. The Kier molecular flexibility index (Phi) is 4.77. The smallest absolute Gasteiger partial charge is 0.213 e. The molecule has 3 heteroatoms. The molecule has 0 aliphatic rings. The molecule has 1 N–H and O–H groups in total. The molecule has 0 atom stereocenters. The standard InChI is InChI=1S/C4H6NO2/c6-3-1-5-2-4-7/h3,5H,1-2H2. The fourth-order valence-corrected chi connectivity index (χ4v) is 0.182. The Bertz CT molecular complexity index is 54.7. The van der Waals surface area contributed by atoms with E-state index in [1.54, 1.807) is 6.29 Å². The van der Waals surface area contributed by atoms with Gasteiger partial charge in [-0.05, 0) is 0 Å². The minimum absolute atomic E-state index is 0.138. The van der Waals surface area contributed by atoms with Gasteiger partial charge in [0, 0.05) is 0 Å². The summed E-state index contributed by atoms with van der Waals surface area (Å²) in [6.07, 6.45) is 2.27. The molecule has 0 saturated carbocycles. The average Bonchev–Trinajstić information content (AvgIpc) is 1.69. The van der Waals surface area contributed by atoms with Crippen molar-refractivity contribution in [3.63, 3.8) is 0 Å². The highest BCUT2D eigenvalue weighted by atomic mass is 16.1. The summed E-state index contributed by atoms with van der Waals surface area (Å²) in [6.45, 7) is 0.369. The van der Waals surface area contributed by atoms with E-state index >= 15 is 0 Å². The predicted molar refractivity (Wildman–Crippen MR) is 24.6 cm³/mol. The highest BCUT2D eigenvalue weighted by Crippen LogP contribution is 1.44. The van der Waals surface area contributed by atoms with Crippen molar-refractivity contribution in [3.8, 4) is 0 Å². The van der Waals surface area contributed by atoms with Gasteiger partial charge in [-0.3, -0.25) is 4.79 Å². The van der Waals surface area contributed by atoms with E-state index in [0.29, 0.717) is 6.29 Å². The van der Waals surface area contributed by atoms with Gasteiger partial charge in [-0.25, -0.2) is 0 Å². The van der Waals surface area contributed by atoms with E-state index in [4.69, 9.17) is 0 Å². The summed E-state index contributed by atoms with van der Waals surface area (Å²) in [5.74, 6) is 0. The first-order valence-corrected chi connectivity index (χ1v) is 1.91. The largest absolute Gasteiger partial charge is 0.303 e. The van der Waals surface area contributed by atoms with E-state index in [1.807, 2.05) is 0 Å². The van der Waals surface area contributed by atoms with Crippen LogP contribution >= 0.6 is 0 Å². The van der Waals surface area contributed by atoms with Gasteiger partial charge in [0.2, 0.25) is 6.29 Å². The van der Waals surface area contributed by atoms with Crippen molar-refractivity contribution in [1.82, 2.24) is 5.32 Å². The third kappa shape index (κ3) is 5.30. The molecule has 0 aliphatic carbocycles. The number of aldehydes is 1. The molecule has 0 aliphatic heterocycles. The quantitative estimate of drug-likeness (QED) is 0.359. The molecule has 0 rings (SSSR count). The van der Waals surface area contributed by atoms with Crippen molar-refractivity contribution in [2.24, 2.45) is 0 Å². The molecular formula is C4H6NO2. The summed E-state index contributed by atoms with van der Waals surface area (Å²) < 4.78 is 0. The van der Waals surface area contributed by atoms with Gasteiger partial charge in [0.05, 0.1) is 13.1 Å². The summed E-state index contributed by atoms with van der Waals surface area (Å²) >= 11 is 0. The molecule has 0 bridgehead atoms. The van der Waals surface area contributed by atoms with Crippen LogP contribution in [0.4, 0.5) is 0 Å². The molecule has 39 valence electrons. The maximum absolute atomic E-state index is 9.49. The van der Waals surface area contributed by atoms with Crippen molar-refractivity contribution in [2.45, 2.75) is 0 Å². The lowest BCUT2D eigenvalue weighted by atomic mass is 10.6. The number of nitrogens with one attached hydrogen (secondary N) is 1. The van der Waals surface area contributed by atoms with Crippen LogP contribution in [0.15, 0.2) is 0 Å². The predicted octanol–water partition coefficient (Wildman–Crippen LogP) is -1.12. The molecule has 0 spiro atoms. The van der Waals surface area contributed by atoms with E-state index < -0.39 is 0 Å². The van der Waals surface area contributed by atoms with Gasteiger partial charge in [-0.2, -0.15) is 0 Å². The highest BCUT2D eigenvalue weighted by molar-refractivity contribution is 5.56. The maximum atomic E-state index is 9.49. The molecule has 0 aromatic heterocycles. The molecule has 0 aromatic carbocycles. The van der Waals surface area contributed by atoms with Gasteiger partial charge in [0.1, 0.15) is 6.29 Å². The lowest BCUT2D eigenvalue weighted by molar-refractivity contribution is -0.107. The minimum Gasteiger partial charge on any atom is -0.303 e. The minimum atomic E-state index is 0.138. The van der Waals surface area contributed by atoms with Gasteiger partial charge in [-0.15, -0.1) is 0 Å². The molecule has 0 fully saturated rings. The first-order valence-electron chi connectivity index (χ1n) is 1.91. The molecule has 0 heterocycles. The summed E-state index contributed by atoms with van der Waals surface area (Å²) in [6, 6.07) is 0. The van der Waals surface area contributed by atoms with Crippen LogP contribution in [-0.2, 0) is 9.59 Å². The molecule has 0 aromatic rings. The van der Waals surface area contributed by atoms with Crippen LogP contribution in [0.3, 0.4) is 0 Å². The lowest BCUT2D eigenvalue weighted by Crippen LogP contribution is -2.17. The molecule has 0 unspecified atom stereocenters. The summed E-state index contributed by atoms with van der Waals surface area (Å²) in [4.78, 5) is 18.9. The van der Waals surface area contributed by atoms with Crippen molar-refractivity contribution >= 4 is 12.6 Å². The zero-order chi connectivity index (χ0) is 5.54. The summed E-state index contributed by atoms with van der Waals surface area (Å²) in [5, 5.41) is 2.49. The Labute approximate surface area is 41.7 Å². The first kappa shape index (κ1) is 6.30. The maximum Gasteiger partial charge on any atom is 0.213 e. The van der Waals surface area contributed by atoms with E-state index in [2.05, 4.69) is 5.32 Å². The molecule has 0 amide bonds. The van der Waals surface area contributed by atoms with E-state index in [1.165, 1.54) is 0 Å². The Morgan fingerprint density at radius 3 is 2.86 bits per heavy atom. The van der Waals surface area contributed by atoms with Crippen LogP contribution in [0, 0.1) is 0 Å². The van der Waals surface area contributed by atoms with Crippen LogP contribution in [0.2, 0.25) is 0 Å². The summed E-state index contributed by atoms with van der Waals surface area (Å²) in [7, 11) is 0. The number of hydrogen-bond donors (Lipinski definition) is 1. The van der Waals surface area contributed by atoms with Gasteiger partial charge in [0.15, 0.2) is 0 Å². The number of carbonyl (C=O) groups excluding carboxylic acids is 2. The number of carbonyl (C=O) groups is 1. The van der Waals surface area contributed by atoms with Gasteiger partial charge >= 0.3 is 0 Å². The number of hydrogen-bond acceptors (Lipinski definition) is 3. The average molecular weight is 100 g/mol. The third-order valence-corrected chi connectivity index (χ3v) is 0.425. The first-order chi connectivity index (χ1) is 3.41. The Balaban J connectivity index is 2.68. The van der Waals surface area contributed by atoms with Gasteiger partial charge in [-0.1, -0.05) is 0 Å². The fourth-order valence-electron chi connectivity index (χ4n) is 0.182. The zero-order valence-electron chi connectivity index (χ0n) is 3.81. The molecule has 7 heavy (non-hydrogen) atoms. The van der Waals surface area contributed by atoms with E-state index in [0.717, 1.165) is 0 Å². The van der Waals surface area contributed by atoms with Crippen molar-refractivity contribution in [1.29, 1.82) is 0 Å². The topological polar surface area (TPSA) is 46.2 Å². The Morgan fingerprint density at radius 1 is 1.71 bits per heavy atom. The van der Waals surface area contributed by atoms with Gasteiger partial charge in [0.25, 0.3) is 0 Å². The van der Waals surface area contributed by atoms with Crippen molar-refractivity contribution < 1.29 is 9.59 Å². The normalized spacial score (nSPS) is 8.00. The van der Waals surface area contributed by atoms with Gasteiger partial charge < -0.3 is 10.1 Å². The SMILES string of the molecule is O=[C]CNCC=O.